The van der Waals surface area contributed by atoms with Gasteiger partial charge in [-0.15, -0.1) is 0 Å². The Morgan fingerprint density at radius 1 is 1.44 bits per heavy atom. The predicted octanol–water partition coefficient (Wildman–Crippen LogP) is -0.0574. The van der Waals surface area contributed by atoms with Crippen molar-refractivity contribution in [3.05, 3.63) is 0 Å². The van der Waals surface area contributed by atoms with Crippen LogP contribution in [0, 0.1) is 0 Å². The first-order valence-corrected chi connectivity index (χ1v) is 7.17. The van der Waals surface area contributed by atoms with E-state index in [4.69, 9.17) is 18.0 Å². The molecule has 0 bridgehead atoms. The molecule has 0 aromatic carbocycles. The highest BCUT2D eigenvalue weighted by Crippen LogP contribution is 2.08. The lowest BCUT2D eigenvalue weighted by molar-refractivity contribution is -0.130. The Hall–Kier alpha value is -0.690. The molecule has 0 aliphatic rings. The number of carbonyl (C=O) groups is 1. The summed E-state index contributed by atoms with van der Waals surface area (Å²) in [5, 5.41) is -1.04. The lowest BCUT2D eigenvalue weighted by Gasteiger charge is -2.26. The molecule has 2 atom stereocenters. The van der Waals surface area contributed by atoms with Gasteiger partial charge in [0.2, 0.25) is 5.91 Å². The minimum atomic E-state index is -3.36. The van der Waals surface area contributed by atoms with Crippen LogP contribution in [0.3, 0.4) is 0 Å². The Morgan fingerprint density at radius 3 is 2.19 bits per heavy atom. The second-order valence-electron chi connectivity index (χ2n) is 3.94. The average Bonchev–Trinajstić information content (AvgIpc) is 2.11. The van der Waals surface area contributed by atoms with Crippen LogP contribution in [-0.2, 0) is 14.6 Å². The van der Waals surface area contributed by atoms with E-state index in [1.807, 2.05) is 0 Å². The number of hydrogen-bond donors (Lipinski definition) is 1. The number of nitrogens with two attached hydrogens (primary N) is 1. The summed E-state index contributed by atoms with van der Waals surface area (Å²) in [6.45, 7) is 3.15. The van der Waals surface area contributed by atoms with E-state index in [9.17, 15) is 13.2 Å². The van der Waals surface area contributed by atoms with Crippen molar-refractivity contribution in [1.82, 2.24) is 4.90 Å². The maximum atomic E-state index is 11.8. The molecule has 2 unspecified atom stereocenters. The molecule has 0 radical (unpaired) electrons. The number of carbonyl (C=O) groups excluding carboxylic acids is 1. The van der Waals surface area contributed by atoms with Crippen LogP contribution in [0.2, 0.25) is 0 Å². The second-order valence-corrected chi connectivity index (χ2v) is 6.83. The summed E-state index contributed by atoms with van der Waals surface area (Å²) < 4.78 is 22.4. The molecule has 2 N–H and O–H groups in total. The number of hydrogen-bond acceptors (Lipinski definition) is 4. The lowest BCUT2D eigenvalue weighted by atomic mass is 10.2. The molecule has 0 aromatic heterocycles. The molecule has 0 fully saturated rings. The quantitative estimate of drug-likeness (QED) is 0.705. The molecule has 0 spiro atoms. The molecular weight excluding hydrogens is 248 g/mol. The number of amides is 1. The third kappa shape index (κ3) is 4.44. The van der Waals surface area contributed by atoms with Crippen LogP contribution in [-0.4, -0.2) is 48.8 Å². The maximum absolute atomic E-state index is 11.8. The maximum Gasteiger partial charge on any atom is 0.240 e. The van der Waals surface area contributed by atoms with Crippen LogP contribution in [0.25, 0.3) is 0 Å². The molecule has 0 heterocycles. The van der Waals surface area contributed by atoms with Crippen molar-refractivity contribution >= 4 is 33.0 Å². The van der Waals surface area contributed by atoms with Gasteiger partial charge in [0.05, 0.1) is 4.99 Å². The summed E-state index contributed by atoms with van der Waals surface area (Å²) in [4.78, 5) is 13.4. The standard InChI is InChI=1S/C9H18N2O3S2/c1-6(5-8(10)15)11(3)9(12)7(2)16(4,13)14/h6-7H,5H2,1-4H3,(H2,10,15). The second kappa shape index (κ2) is 5.58. The third-order valence-electron chi connectivity index (χ3n) is 2.50. The van der Waals surface area contributed by atoms with E-state index in [-0.39, 0.29) is 6.04 Å². The summed E-state index contributed by atoms with van der Waals surface area (Å²) in [7, 11) is -1.82. The molecule has 0 aromatic rings. The Bertz CT molecular complexity index is 378. The van der Waals surface area contributed by atoms with E-state index in [1.54, 1.807) is 14.0 Å². The average molecular weight is 266 g/mol. The molecule has 0 saturated heterocycles. The summed E-state index contributed by atoms with van der Waals surface area (Å²) in [6, 6.07) is -0.200. The van der Waals surface area contributed by atoms with Crippen LogP contribution >= 0.6 is 12.2 Å². The van der Waals surface area contributed by atoms with Crippen molar-refractivity contribution in [2.75, 3.05) is 13.3 Å². The molecule has 0 rings (SSSR count). The predicted molar refractivity (Wildman–Crippen MR) is 67.9 cm³/mol. The first-order valence-electron chi connectivity index (χ1n) is 4.81. The molecule has 94 valence electrons. The lowest BCUT2D eigenvalue weighted by Crippen LogP contribution is -2.44. The zero-order valence-electron chi connectivity index (χ0n) is 9.93. The van der Waals surface area contributed by atoms with Gasteiger partial charge < -0.3 is 10.6 Å². The van der Waals surface area contributed by atoms with Crippen molar-refractivity contribution < 1.29 is 13.2 Å². The third-order valence-corrected chi connectivity index (χ3v) is 4.15. The van der Waals surface area contributed by atoms with Gasteiger partial charge in [-0.1, -0.05) is 12.2 Å². The van der Waals surface area contributed by atoms with Gasteiger partial charge in [0.1, 0.15) is 5.25 Å². The van der Waals surface area contributed by atoms with Crippen molar-refractivity contribution in [2.45, 2.75) is 31.6 Å². The fraction of sp³-hybridized carbons (Fsp3) is 0.778. The van der Waals surface area contributed by atoms with Crippen LogP contribution < -0.4 is 5.73 Å². The van der Waals surface area contributed by atoms with Crippen LogP contribution in [0.1, 0.15) is 20.3 Å². The molecular formula is C9H18N2O3S2. The number of thiocarbonyl (C=S) groups is 1. The van der Waals surface area contributed by atoms with Crippen LogP contribution in [0.4, 0.5) is 0 Å². The van der Waals surface area contributed by atoms with Crippen LogP contribution in [0.5, 0.6) is 0 Å². The fourth-order valence-electron chi connectivity index (χ4n) is 1.12. The van der Waals surface area contributed by atoms with Crippen LogP contribution in [0.15, 0.2) is 0 Å². The van der Waals surface area contributed by atoms with Gasteiger partial charge in [-0.2, -0.15) is 0 Å². The number of rotatable bonds is 5. The summed E-state index contributed by atoms with van der Waals surface area (Å²) in [5.41, 5.74) is 5.37. The van der Waals surface area contributed by atoms with E-state index in [2.05, 4.69) is 0 Å². The number of nitrogens with zero attached hydrogens (tertiary/aromatic N) is 1. The zero-order chi connectivity index (χ0) is 13.1. The Labute approximate surface area is 102 Å². The van der Waals surface area contributed by atoms with E-state index in [1.165, 1.54) is 11.8 Å². The number of sulfone groups is 1. The topological polar surface area (TPSA) is 80.5 Å². The highest BCUT2D eigenvalue weighted by atomic mass is 32.2. The molecule has 1 amide bonds. The van der Waals surface area contributed by atoms with Gasteiger partial charge in [-0.25, -0.2) is 8.42 Å². The molecule has 0 aliphatic heterocycles. The monoisotopic (exact) mass is 266 g/mol. The molecule has 7 heteroatoms. The Balaban J connectivity index is 4.68. The summed E-state index contributed by atoms with van der Waals surface area (Å²) in [5.74, 6) is -0.439. The van der Waals surface area contributed by atoms with Crippen molar-refractivity contribution in [3.63, 3.8) is 0 Å². The molecule has 5 nitrogen and oxygen atoms in total. The first-order chi connectivity index (χ1) is 7.07. The van der Waals surface area contributed by atoms with Gasteiger partial charge in [-0.05, 0) is 13.8 Å². The van der Waals surface area contributed by atoms with E-state index >= 15 is 0 Å². The minimum absolute atomic E-state index is 0.200. The van der Waals surface area contributed by atoms with Gasteiger partial charge in [0.15, 0.2) is 9.84 Å². The van der Waals surface area contributed by atoms with Crippen molar-refractivity contribution in [2.24, 2.45) is 5.73 Å². The highest BCUT2D eigenvalue weighted by molar-refractivity contribution is 7.92. The SMILES string of the molecule is CC(CC(N)=S)N(C)C(=O)C(C)S(C)(=O)=O. The van der Waals surface area contributed by atoms with Gasteiger partial charge in [0, 0.05) is 25.8 Å². The zero-order valence-corrected chi connectivity index (χ0v) is 11.6. The molecule has 0 aliphatic carbocycles. The van der Waals surface area contributed by atoms with E-state index in [0.717, 1.165) is 6.26 Å². The Kier molecular flexibility index (Phi) is 5.34. The smallest absolute Gasteiger partial charge is 0.240 e. The van der Waals surface area contributed by atoms with Crippen molar-refractivity contribution in [1.29, 1.82) is 0 Å². The van der Waals surface area contributed by atoms with Crippen molar-refractivity contribution in [3.8, 4) is 0 Å². The minimum Gasteiger partial charge on any atom is -0.393 e. The normalized spacial score (nSPS) is 15.2. The molecule has 16 heavy (non-hydrogen) atoms. The van der Waals surface area contributed by atoms with E-state index in [0.29, 0.717) is 11.4 Å². The van der Waals surface area contributed by atoms with Gasteiger partial charge >= 0.3 is 0 Å². The largest absolute Gasteiger partial charge is 0.393 e. The summed E-state index contributed by atoms with van der Waals surface area (Å²) in [6.07, 6.45) is 1.43. The Morgan fingerprint density at radius 2 is 1.88 bits per heavy atom. The molecule has 0 saturated carbocycles. The fourth-order valence-corrected chi connectivity index (χ4v) is 1.89. The van der Waals surface area contributed by atoms with Gasteiger partial charge in [-0.3, -0.25) is 4.79 Å². The van der Waals surface area contributed by atoms with E-state index < -0.39 is 21.0 Å². The summed E-state index contributed by atoms with van der Waals surface area (Å²) >= 11 is 4.74. The first kappa shape index (κ1) is 15.3. The van der Waals surface area contributed by atoms with Gasteiger partial charge in [0.25, 0.3) is 0 Å². The highest BCUT2D eigenvalue weighted by Gasteiger charge is 2.28.